The second kappa shape index (κ2) is 6.00. The van der Waals surface area contributed by atoms with Crippen molar-refractivity contribution in [1.82, 2.24) is 4.72 Å². The van der Waals surface area contributed by atoms with E-state index in [1.54, 1.807) is 25.1 Å². The zero-order valence-corrected chi connectivity index (χ0v) is 10.8. The molecule has 0 heterocycles. The molecule has 0 radical (unpaired) electrons. The van der Waals surface area contributed by atoms with E-state index in [2.05, 4.69) is 4.72 Å². The molecule has 1 aromatic rings. The van der Waals surface area contributed by atoms with E-state index in [4.69, 9.17) is 10.5 Å². The number of rotatable bonds is 6. The fourth-order valence-electron chi connectivity index (χ4n) is 1.35. The Morgan fingerprint density at radius 3 is 2.76 bits per heavy atom. The van der Waals surface area contributed by atoms with Crippen molar-refractivity contribution < 1.29 is 13.2 Å². The summed E-state index contributed by atoms with van der Waals surface area (Å²) < 4.78 is 30.9. The molecule has 1 atom stereocenters. The van der Waals surface area contributed by atoms with Gasteiger partial charge < -0.3 is 10.5 Å². The second-order valence-corrected chi connectivity index (χ2v) is 6.06. The molecular formula is C11H18N2O3S. The standard InChI is InChI=1S/C11H18N2O3S/c1-9(8-16-2)17(14,15)13-7-10-4-3-5-11(12)6-10/h3-6,9,13H,7-8,12H2,1-2H3. The number of nitrogens with one attached hydrogen (secondary N) is 1. The van der Waals surface area contributed by atoms with Gasteiger partial charge in [-0.3, -0.25) is 0 Å². The van der Waals surface area contributed by atoms with Gasteiger partial charge in [0.2, 0.25) is 10.0 Å². The van der Waals surface area contributed by atoms with Crippen LogP contribution in [0.4, 0.5) is 5.69 Å². The van der Waals surface area contributed by atoms with Gasteiger partial charge in [0, 0.05) is 19.3 Å². The van der Waals surface area contributed by atoms with Crippen LogP contribution in [0.2, 0.25) is 0 Å². The van der Waals surface area contributed by atoms with Crippen molar-refractivity contribution in [2.45, 2.75) is 18.7 Å². The number of sulfonamides is 1. The molecule has 0 aliphatic carbocycles. The summed E-state index contributed by atoms with van der Waals surface area (Å²) in [5, 5.41) is -0.575. The highest BCUT2D eigenvalue weighted by Gasteiger charge is 2.19. The van der Waals surface area contributed by atoms with E-state index in [1.165, 1.54) is 7.11 Å². The van der Waals surface area contributed by atoms with Gasteiger partial charge in [-0.15, -0.1) is 0 Å². The summed E-state index contributed by atoms with van der Waals surface area (Å²) in [6, 6.07) is 7.10. The zero-order valence-electron chi connectivity index (χ0n) is 10.0. The van der Waals surface area contributed by atoms with E-state index in [1.807, 2.05) is 6.07 Å². The third-order valence-electron chi connectivity index (χ3n) is 2.36. The van der Waals surface area contributed by atoms with Gasteiger partial charge >= 0.3 is 0 Å². The summed E-state index contributed by atoms with van der Waals surface area (Å²) in [6.45, 7) is 2.01. The molecule has 0 bridgehead atoms. The zero-order chi connectivity index (χ0) is 12.9. The van der Waals surface area contributed by atoms with Crippen LogP contribution in [-0.4, -0.2) is 27.4 Å². The maximum atomic E-state index is 11.8. The highest BCUT2D eigenvalue weighted by atomic mass is 32.2. The first kappa shape index (κ1) is 14.0. The minimum absolute atomic E-state index is 0.173. The van der Waals surface area contributed by atoms with Gasteiger partial charge in [-0.25, -0.2) is 13.1 Å². The van der Waals surface area contributed by atoms with Crippen LogP contribution < -0.4 is 10.5 Å². The van der Waals surface area contributed by atoms with E-state index in [0.717, 1.165) is 5.56 Å². The maximum Gasteiger partial charge on any atom is 0.216 e. The predicted molar refractivity (Wildman–Crippen MR) is 68.0 cm³/mol. The third kappa shape index (κ3) is 4.33. The Hall–Kier alpha value is -1.11. The smallest absolute Gasteiger partial charge is 0.216 e. The molecule has 96 valence electrons. The topological polar surface area (TPSA) is 81.4 Å². The van der Waals surface area contributed by atoms with E-state index in [0.29, 0.717) is 5.69 Å². The minimum Gasteiger partial charge on any atom is -0.399 e. The van der Waals surface area contributed by atoms with Gasteiger partial charge in [-0.05, 0) is 24.6 Å². The van der Waals surface area contributed by atoms with E-state index in [9.17, 15) is 8.42 Å². The van der Waals surface area contributed by atoms with Gasteiger partial charge in [0.25, 0.3) is 0 Å². The van der Waals surface area contributed by atoms with Crippen molar-refractivity contribution in [2.24, 2.45) is 0 Å². The Bertz CT molecular complexity index is 460. The molecule has 17 heavy (non-hydrogen) atoms. The predicted octanol–water partition coefficient (Wildman–Crippen LogP) is 0.723. The minimum atomic E-state index is -3.35. The van der Waals surface area contributed by atoms with E-state index >= 15 is 0 Å². The molecular weight excluding hydrogens is 240 g/mol. The first-order chi connectivity index (χ1) is 7.95. The fourth-order valence-corrected chi connectivity index (χ4v) is 2.32. The van der Waals surface area contributed by atoms with Crippen LogP contribution in [0.5, 0.6) is 0 Å². The molecule has 5 nitrogen and oxygen atoms in total. The average molecular weight is 258 g/mol. The first-order valence-corrected chi connectivity index (χ1v) is 6.82. The van der Waals surface area contributed by atoms with Gasteiger partial charge in [0.05, 0.1) is 11.9 Å². The Morgan fingerprint density at radius 2 is 2.18 bits per heavy atom. The van der Waals surface area contributed by atoms with Crippen molar-refractivity contribution in [3.05, 3.63) is 29.8 Å². The molecule has 3 N–H and O–H groups in total. The lowest BCUT2D eigenvalue weighted by atomic mass is 10.2. The van der Waals surface area contributed by atoms with Crippen LogP contribution in [0.15, 0.2) is 24.3 Å². The molecule has 1 aromatic carbocycles. The maximum absolute atomic E-state index is 11.8. The summed E-state index contributed by atoms with van der Waals surface area (Å²) >= 11 is 0. The Labute approximate surface area is 102 Å². The molecule has 0 fully saturated rings. The lowest BCUT2D eigenvalue weighted by Crippen LogP contribution is -2.34. The first-order valence-electron chi connectivity index (χ1n) is 5.27. The second-order valence-electron chi connectivity index (χ2n) is 3.88. The summed E-state index contributed by atoms with van der Waals surface area (Å²) in [5.74, 6) is 0. The van der Waals surface area contributed by atoms with Crippen molar-refractivity contribution in [1.29, 1.82) is 0 Å². The molecule has 6 heteroatoms. The number of nitrogen functional groups attached to an aromatic ring is 1. The highest BCUT2D eigenvalue weighted by molar-refractivity contribution is 7.90. The molecule has 0 saturated heterocycles. The molecule has 0 aliphatic rings. The van der Waals surface area contributed by atoms with Crippen molar-refractivity contribution in [3.8, 4) is 0 Å². The molecule has 1 rings (SSSR count). The Balaban J connectivity index is 2.61. The SMILES string of the molecule is COCC(C)S(=O)(=O)NCc1cccc(N)c1. The quantitative estimate of drug-likeness (QED) is 0.737. The van der Waals surface area contributed by atoms with Crippen molar-refractivity contribution >= 4 is 15.7 Å². The van der Waals surface area contributed by atoms with Crippen LogP contribution in [0.1, 0.15) is 12.5 Å². The number of methoxy groups -OCH3 is 1. The van der Waals surface area contributed by atoms with Crippen LogP contribution >= 0.6 is 0 Å². The summed E-state index contributed by atoms with van der Waals surface area (Å²) in [6.07, 6.45) is 0. The van der Waals surface area contributed by atoms with Crippen molar-refractivity contribution in [3.63, 3.8) is 0 Å². The molecule has 0 aromatic heterocycles. The number of ether oxygens (including phenoxy) is 1. The lowest BCUT2D eigenvalue weighted by molar-refractivity contribution is 0.200. The summed E-state index contributed by atoms with van der Waals surface area (Å²) in [5.41, 5.74) is 7.06. The Morgan fingerprint density at radius 1 is 1.47 bits per heavy atom. The van der Waals surface area contributed by atoms with Crippen LogP contribution in [0.3, 0.4) is 0 Å². The average Bonchev–Trinajstić information content (AvgIpc) is 2.27. The number of hydrogen-bond acceptors (Lipinski definition) is 4. The van der Waals surface area contributed by atoms with Gasteiger partial charge in [-0.1, -0.05) is 12.1 Å². The van der Waals surface area contributed by atoms with E-state index in [-0.39, 0.29) is 13.2 Å². The van der Waals surface area contributed by atoms with Gasteiger partial charge in [0.1, 0.15) is 0 Å². The highest BCUT2D eigenvalue weighted by Crippen LogP contribution is 2.07. The number of anilines is 1. The van der Waals surface area contributed by atoms with Gasteiger partial charge in [-0.2, -0.15) is 0 Å². The van der Waals surface area contributed by atoms with Crippen LogP contribution in [0.25, 0.3) is 0 Å². The molecule has 0 amide bonds. The Kier molecular flexibility index (Phi) is 4.92. The normalized spacial score (nSPS) is 13.5. The number of nitrogens with two attached hydrogens (primary N) is 1. The molecule has 0 aliphatic heterocycles. The van der Waals surface area contributed by atoms with Crippen LogP contribution in [-0.2, 0) is 21.3 Å². The van der Waals surface area contributed by atoms with Crippen LogP contribution in [0, 0.1) is 0 Å². The summed E-state index contributed by atoms with van der Waals surface area (Å²) in [7, 11) is -1.87. The monoisotopic (exact) mass is 258 g/mol. The largest absolute Gasteiger partial charge is 0.399 e. The number of hydrogen-bond donors (Lipinski definition) is 2. The third-order valence-corrected chi connectivity index (χ3v) is 4.10. The lowest BCUT2D eigenvalue weighted by Gasteiger charge is -2.13. The fraction of sp³-hybridized carbons (Fsp3) is 0.455. The summed E-state index contributed by atoms with van der Waals surface area (Å²) in [4.78, 5) is 0. The molecule has 0 spiro atoms. The van der Waals surface area contributed by atoms with E-state index < -0.39 is 15.3 Å². The molecule has 0 saturated carbocycles. The molecule has 1 unspecified atom stereocenters. The number of benzene rings is 1. The van der Waals surface area contributed by atoms with Crippen molar-refractivity contribution in [2.75, 3.05) is 19.5 Å². The van der Waals surface area contributed by atoms with Gasteiger partial charge in [0.15, 0.2) is 0 Å².